The van der Waals surface area contributed by atoms with Gasteiger partial charge in [0.25, 0.3) is 0 Å². The zero-order valence-corrected chi connectivity index (χ0v) is 18.0. The van der Waals surface area contributed by atoms with E-state index in [-0.39, 0.29) is 0 Å². The minimum atomic E-state index is 0.466. The molecule has 1 unspecified atom stereocenters. The van der Waals surface area contributed by atoms with Gasteiger partial charge in [-0.25, -0.2) is 4.98 Å². The molecule has 7 heteroatoms. The van der Waals surface area contributed by atoms with Crippen molar-refractivity contribution in [3.05, 3.63) is 46.6 Å². The smallest absolute Gasteiger partial charge is 0.227 e. The maximum absolute atomic E-state index is 5.45. The van der Waals surface area contributed by atoms with Gasteiger partial charge in [0, 0.05) is 49.9 Å². The van der Waals surface area contributed by atoms with Crippen LogP contribution in [-0.4, -0.2) is 67.4 Å². The second-order valence-electron chi connectivity index (χ2n) is 7.59. The number of aromatic nitrogens is 2. The summed E-state index contributed by atoms with van der Waals surface area (Å²) in [5.41, 5.74) is 1.36. The number of likely N-dealkylation sites (N-methyl/N-ethyl adjacent to an activating group) is 1. The number of benzene rings is 1. The SMILES string of the molecule is CN(c1ccnc(N2CCOCC2)n1)C1CCCN(Cc2cccc(Br)c2)C1. The zero-order valence-electron chi connectivity index (χ0n) is 16.4. The van der Waals surface area contributed by atoms with Gasteiger partial charge in [0.2, 0.25) is 5.95 Å². The van der Waals surface area contributed by atoms with E-state index in [1.165, 1.54) is 18.4 Å². The van der Waals surface area contributed by atoms with Gasteiger partial charge in [0.15, 0.2) is 0 Å². The number of anilines is 2. The Bertz CT molecular complexity index is 783. The first-order valence-electron chi connectivity index (χ1n) is 10.0. The fourth-order valence-electron chi connectivity index (χ4n) is 4.02. The molecule has 4 rings (SSSR count). The summed E-state index contributed by atoms with van der Waals surface area (Å²) in [4.78, 5) is 16.4. The average Bonchev–Trinajstić information content (AvgIpc) is 2.74. The highest BCUT2D eigenvalue weighted by Crippen LogP contribution is 2.23. The Morgan fingerprint density at radius 3 is 2.89 bits per heavy atom. The van der Waals surface area contributed by atoms with Crippen molar-refractivity contribution < 1.29 is 4.74 Å². The Morgan fingerprint density at radius 1 is 1.21 bits per heavy atom. The highest BCUT2D eigenvalue weighted by atomic mass is 79.9. The lowest BCUT2D eigenvalue weighted by molar-refractivity contribution is 0.122. The van der Waals surface area contributed by atoms with Crippen LogP contribution in [-0.2, 0) is 11.3 Å². The van der Waals surface area contributed by atoms with Crippen molar-refractivity contribution in [3.8, 4) is 0 Å². The van der Waals surface area contributed by atoms with Crippen LogP contribution in [0.4, 0.5) is 11.8 Å². The minimum Gasteiger partial charge on any atom is -0.378 e. The third-order valence-corrected chi connectivity index (χ3v) is 6.10. The molecule has 0 spiro atoms. The number of ether oxygens (including phenoxy) is 1. The summed E-state index contributed by atoms with van der Waals surface area (Å²) < 4.78 is 6.59. The second-order valence-corrected chi connectivity index (χ2v) is 8.50. The fourth-order valence-corrected chi connectivity index (χ4v) is 4.47. The Kier molecular flexibility index (Phi) is 6.44. The van der Waals surface area contributed by atoms with E-state index in [1.54, 1.807) is 0 Å². The summed E-state index contributed by atoms with van der Waals surface area (Å²) in [6, 6.07) is 11.1. The molecular formula is C21H28BrN5O. The molecule has 1 atom stereocenters. The maximum atomic E-state index is 5.45. The van der Waals surface area contributed by atoms with E-state index >= 15 is 0 Å². The van der Waals surface area contributed by atoms with Crippen molar-refractivity contribution in [2.75, 3.05) is 56.2 Å². The van der Waals surface area contributed by atoms with E-state index in [1.807, 2.05) is 12.3 Å². The normalized spacial score (nSPS) is 20.9. The van der Waals surface area contributed by atoms with Crippen LogP contribution >= 0.6 is 15.9 Å². The number of likely N-dealkylation sites (tertiary alicyclic amines) is 1. The molecule has 3 heterocycles. The number of piperidine rings is 1. The number of hydrogen-bond donors (Lipinski definition) is 0. The van der Waals surface area contributed by atoms with Crippen LogP contribution in [0.3, 0.4) is 0 Å². The van der Waals surface area contributed by atoms with Crippen molar-refractivity contribution in [1.82, 2.24) is 14.9 Å². The number of morpholine rings is 1. The minimum absolute atomic E-state index is 0.466. The molecule has 0 amide bonds. The molecule has 1 aromatic carbocycles. The Morgan fingerprint density at radius 2 is 2.07 bits per heavy atom. The first-order valence-corrected chi connectivity index (χ1v) is 10.8. The summed E-state index contributed by atoms with van der Waals surface area (Å²) in [5.74, 6) is 1.82. The molecule has 0 saturated carbocycles. The molecule has 0 aliphatic carbocycles. The predicted octanol–water partition coefficient (Wildman–Crippen LogP) is 3.18. The molecule has 0 N–H and O–H groups in total. The van der Waals surface area contributed by atoms with Gasteiger partial charge in [0.1, 0.15) is 5.82 Å². The van der Waals surface area contributed by atoms with Crippen LogP contribution in [0, 0.1) is 0 Å². The number of hydrogen-bond acceptors (Lipinski definition) is 6. The van der Waals surface area contributed by atoms with E-state index in [0.717, 1.165) is 62.2 Å². The van der Waals surface area contributed by atoms with Crippen LogP contribution in [0.1, 0.15) is 18.4 Å². The number of nitrogens with zero attached hydrogens (tertiary/aromatic N) is 5. The molecule has 2 aliphatic rings. The van der Waals surface area contributed by atoms with Crippen LogP contribution in [0.5, 0.6) is 0 Å². The van der Waals surface area contributed by atoms with Crippen molar-refractivity contribution in [2.24, 2.45) is 0 Å². The van der Waals surface area contributed by atoms with Gasteiger partial charge in [-0.05, 0) is 43.1 Å². The van der Waals surface area contributed by atoms with Crippen LogP contribution in [0.2, 0.25) is 0 Å². The van der Waals surface area contributed by atoms with Gasteiger partial charge in [-0.2, -0.15) is 4.98 Å². The molecule has 2 aliphatic heterocycles. The topological polar surface area (TPSA) is 44.7 Å². The van der Waals surface area contributed by atoms with E-state index in [4.69, 9.17) is 9.72 Å². The molecule has 1 aromatic heterocycles. The molecule has 150 valence electrons. The van der Waals surface area contributed by atoms with E-state index in [0.29, 0.717) is 6.04 Å². The molecule has 2 aromatic rings. The molecular weight excluding hydrogens is 418 g/mol. The van der Waals surface area contributed by atoms with Gasteiger partial charge in [-0.3, -0.25) is 4.90 Å². The van der Waals surface area contributed by atoms with Crippen LogP contribution in [0.25, 0.3) is 0 Å². The average molecular weight is 446 g/mol. The van der Waals surface area contributed by atoms with Gasteiger partial charge in [-0.15, -0.1) is 0 Å². The maximum Gasteiger partial charge on any atom is 0.227 e. The first-order chi connectivity index (χ1) is 13.7. The van der Waals surface area contributed by atoms with E-state index < -0.39 is 0 Å². The number of rotatable bonds is 5. The van der Waals surface area contributed by atoms with E-state index in [9.17, 15) is 0 Å². The molecule has 2 fully saturated rings. The van der Waals surface area contributed by atoms with Crippen LogP contribution in [0.15, 0.2) is 41.0 Å². The van der Waals surface area contributed by atoms with Crippen LogP contribution < -0.4 is 9.80 Å². The predicted molar refractivity (Wildman–Crippen MR) is 116 cm³/mol. The summed E-state index contributed by atoms with van der Waals surface area (Å²) in [6.45, 7) is 6.41. The van der Waals surface area contributed by atoms with Crippen molar-refractivity contribution >= 4 is 27.7 Å². The Hall–Kier alpha value is -1.70. The monoisotopic (exact) mass is 445 g/mol. The van der Waals surface area contributed by atoms with Gasteiger partial charge in [0.05, 0.1) is 13.2 Å². The molecule has 6 nitrogen and oxygen atoms in total. The second kappa shape index (κ2) is 9.20. The van der Waals surface area contributed by atoms with Gasteiger partial charge >= 0.3 is 0 Å². The molecule has 2 saturated heterocycles. The van der Waals surface area contributed by atoms with Gasteiger partial charge in [-0.1, -0.05) is 28.1 Å². The van der Waals surface area contributed by atoms with E-state index in [2.05, 4.69) is 66.9 Å². The van der Waals surface area contributed by atoms with Crippen molar-refractivity contribution in [2.45, 2.75) is 25.4 Å². The van der Waals surface area contributed by atoms with Crippen molar-refractivity contribution in [1.29, 1.82) is 0 Å². The van der Waals surface area contributed by atoms with Crippen molar-refractivity contribution in [3.63, 3.8) is 0 Å². The number of halogens is 1. The third kappa shape index (κ3) is 4.82. The summed E-state index contributed by atoms with van der Waals surface area (Å²) >= 11 is 3.58. The standard InChI is InChI=1S/C21H28BrN5O/c1-25(20-7-8-23-21(24-20)27-10-12-28-13-11-27)19-6-3-9-26(16-19)15-17-4-2-5-18(22)14-17/h2,4-5,7-8,14,19H,3,6,9-13,15-16H2,1H3. The quantitative estimate of drug-likeness (QED) is 0.703. The summed E-state index contributed by atoms with van der Waals surface area (Å²) in [6.07, 6.45) is 4.29. The van der Waals surface area contributed by atoms with Gasteiger partial charge < -0.3 is 14.5 Å². The fraction of sp³-hybridized carbons (Fsp3) is 0.524. The summed E-state index contributed by atoms with van der Waals surface area (Å²) in [7, 11) is 2.17. The molecule has 0 radical (unpaired) electrons. The highest BCUT2D eigenvalue weighted by molar-refractivity contribution is 9.10. The lowest BCUT2D eigenvalue weighted by atomic mass is 10.0. The molecule has 28 heavy (non-hydrogen) atoms. The zero-order chi connectivity index (χ0) is 19.3. The lowest BCUT2D eigenvalue weighted by Gasteiger charge is -2.38. The highest BCUT2D eigenvalue weighted by Gasteiger charge is 2.25. The Labute approximate surface area is 175 Å². The first kappa shape index (κ1) is 19.6. The molecule has 0 bridgehead atoms. The summed E-state index contributed by atoms with van der Waals surface area (Å²) in [5, 5.41) is 0. The largest absolute Gasteiger partial charge is 0.378 e. The Balaban J connectivity index is 1.41. The lowest BCUT2D eigenvalue weighted by Crippen LogP contribution is -2.46. The third-order valence-electron chi connectivity index (χ3n) is 5.61.